The second kappa shape index (κ2) is 11.4. The molecular formula is C25H38NO2+. The van der Waals surface area contributed by atoms with E-state index in [4.69, 9.17) is 9.47 Å². The summed E-state index contributed by atoms with van der Waals surface area (Å²) in [6, 6.07) is 12.9. The third-order valence-corrected chi connectivity index (χ3v) is 5.72. The van der Waals surface area contributed by atoms with Gasteiger partial charge in [0, 0.05) is 0 Å². The fourth-order valence-corrected chi connectivity index (χ4v) is 3.94. The van der Waals surface area contributed by atoms with Crippen molar-refractivity contribution < 1.29 is 14.4 Å². The number of hydrogen-bond donors (Lipinski definition) is 1. The summed E-state index contributed by atoms with van der Waals surface area (Å²) < 4.78 is 12.3. The highest BCUT2D eigenvalue weighted by Gasteiger charge is 2.22. The average molecular weight is 385 g/mol. The second-order valence-electron chi connectivity index (χ2n) is 7.68. The lowest BCUT2D eigenvalue weighted by Gasteiger charge is -2.26. The minimum absolute atomic E-state index is 0.0561. The summed E-state index contributed by atoms with van der Waals surface area (Å²) in [5, 5.41) is 0. The van der Waals surface area contributed by atoms with E-state index in [9.17, 15) is 0 Å². The van der Waals surface area contributed by atoms with Gasteiger partial charge in [-0.3, -0.25) is 0 Å². The van der Waals surface area contributed by atoms with Crippen LogP contribution < -0.4 is 4.90 Å². The van der Waals surface area contributed by atoms with Crippen molar-refractivity contribution in [3.63, 3.8) is 0 Å². The first kappa shape index (κ1) is 22.6. The summed E-state index contributed by atoms with van der Waals surface area (Å²) >= 11 is 0. The van der Waals surface area contributed by atoms with Crippen molar-refractivity contribution in [2.45, 2.75) is 47.6 Å². The van der Waals surface area contributed by atoms with Crippen LogP contribution >= 0.6 is 0 Å². The summed E-state index contributed by atoms with van der Waals surface area (Å²) in [4.78, 5) is 1.57. The van der Waals surface area contributed by atoms with Gasteiger partial charge >= 0.3 is 0 Å². The maximum atomic E-state index is 6.47. The number of hydrogen-bond acceptors (Lipinski definition) is 2. The molecule has 0 saturated heterocycles. The minimum Gasteiger partial charge on any atom is -0.373 e. The Bertz CT molecular complexity index is 645. The molecule has 2 aromatic carbocycles. The van der Waals surface area contributed by atoms with Crippen molar-refractivity contribution in [3.05, 3.63) is 69.8 Å². The first-order chi connectivity index (χ1) is 13.5. The van der Waals surface area contributed by atoms with Crippen LogP contribution in [0.25, 0.3) is 0 Å². The Hall–Kier alpha value is -1.68. The van der Waals surface area contributed by atoms with Crippen LogP contribution in [0.15, 0.2) is 36.4 Å². The molecule has 3 nitrogen and oxygen atoms in total. The zero-order chi connectivity index (χ0) is 20.5. The molecule has 0 amide bonds. The highest BCUT2D eigenvalue weighted by molar-refractivity contribution is 5.46. The molecule has 28 heavy (non-hydrogen) atoms. The predicted octanol–water partition coefficient (Wildman–Crippen LogP) is 3.97. The van der Waals surface area contributed by atoms with Gasteiger partial charge in [0.15, 0.2) is 0 Å². The molecule has 2 rings (SSSR count). The van der Waals surface area contributed by atoms with Crippen LogP contribution in [-0.4, -0.2) is 39.5 Å². The zero-order valence-corrected chi connectivity index (χ0v) is 18.6. The third-order valence-electron chi connectivity index (χ3n) is 5.72. The molecule has 0 aliphatic carbocycles. The number of quaternary nitrogens is 1. The van der Waals surface area contributed by atoms with Crippen LogP contribution in [0.1, 0.15) is 53.3 Å². The molecule has 0 aromatic heterocycles. The van der Waals surface area contributed by atoms with Gasteiger partial charge in [-0.25, -0.2) is 0 Å². The van der Waals surface area contributed by atoms with Gasteiger partial charge in [-0.15, -0.1) is 0 Å². The molecule has 154 valence electrons. The first-order valence-electron chi connectivity index (χ1n) is 10.6. The number of benzene rings is 2. The molecule has 0 bridgehead atoms. The van der Waals surface area contributed by atoms with Crippen LogP contribution in [0.5, 0.6) is 0 Å². The number of ether oxygens (including phenoxy) is 2. The van der Waals surface area contributed by atoms with E-state index in [1.807, 2.05) is 0 Å². The molecule has 0 atom stereocenters. The van der Waals surface area contributed by atoms with Crippen molar-refractivity contribution in [2.75, 3.05) is 39.5 Å². The summed E-state index contributed by atoms with van der Waals surface area (Å²) in [6.45, 7) is 18.5. The lowest BCUT2D eigenvalue weighted by Crippen LogP contribution is -3.11. The molecule has 0 radical (unpaired) electrons. The SMILES string of the molecule is CC[NH+](CC)CCOCCOC(c1c(C)cccc1C)c1c(C)cccc1C. The van der Waals surface area contributed by atoms with Crippen molar-refractivity contribution in [1.29, 1.82) is 0 Å². The van der Waals surface area contributed by atoms with Gasteiger partial charge in [0.05, 0.1) is 32.9 Å². The van der Waals surface area contributed by atoms with E-state index in [1.54, 1.807) is 4.90 Å². The molecule has 0 unspecified atom stereocenters. The van der Waals surface area contributed by atoms with Crippen molar-refractivity contribution in [2.24, 2.45) is 0 Å². The first-order valence-corrected chi connectivity index (χ1v) is 10.6. The molecule has 2 aromatic rings. The topological polar surface area (TPSA) is 22.9 Å². The van der Waals surface area contributed by atoms with Crippen molar-refractivity contribution >= 4 is 0 Å². The van der Waals surface area contributed by atoms with Crippen LogP contribution in [0.4, 0.5) is 0 Å². The monoisotopic (exact) mass is 384 g/mol. The van der Waals surface area contributed by atoms with Crippen LogP contribution in [0, 0.1) is 27.7 Å². The Kier molecular flexibility index (Phi) is 9.17. The highest BCUT2D eigenvalue weighted by atomic mass is 16.5. The average Bonchev–Trinajstić information content (AvgIpc) is 2.66. The number of rotatable bonds is 11. The third kappa shape index (κ3) is 5.91. The van der Waals surface area contributed by atoms with E-state index >= 15 is 0 Å². The number of nitrogens with one attached hydrogen (secondary N) is 1. The predicted molar refractivity (Wildman–Crippen MR) is 117 cm³/mol. The van der Waals surface area contributed by atoms with Crippen LogP contribution in [-0.2, 0) is 9.47 Å². The summed E-state index contributed by atoms with van der Waals surface area (Å²) in [5.74, 6) is 0. The van der Waals surface area contributed by atoms with E-state index in [0.717, 1.165) is 26.2 Å². The van der Waals surface area contributed by atoms with Gasteiger partial charge in [0.2, 0.25) is 0 Å². The van der Waals surface area contributed by atoms with Gasteiger partial charge in [0.1, 0.15) is 12.6 Å². The Morgan fingerprint density at radius 3 is 1.61 bits per heavy atom. The Morgan fingerprint density at radius 2 is 1.18 bits per heavy atom. The van der Waals surface area contributed by atoms with Gasteiger partial charge in [0.25, 0.3) is 0 Å². The zero-order valence-electron chi connectivity index (χ0n) is 18.6. The van der Waals surface area contributed by atoms with E-state index in [0.29, 0.717) is 13.2 Å². The summed E-state index contributed by atoms with van der Waals surface area (Å²) in [7, 11) is 0. The highest BCUT2D eigenvalue weighted by Crippen LogP contribution is 2.34. The number of likely N-dealkylation sites (N-methyl/N-ethyl adjacent to an activating group) is 1. The summed E-state index contributed by atoms with van der Waals surface area (Å²) in [6.07, 6.45) is -0.0561. The molecular weight excluding hydrogens is 346 g/mol. The maximum Gasteiger partial charge on any atom is 0.109 e. The second-order valence-corrected chi connectivity index (χ2v) is 7.68. The van der Waals surface area contributed by atoms with Crippen molar-refractivity contribution in [3.8, 4) is 0 Å². The number of aryl methyl sites for hydroxylation is 4. The van der Waals surface area contributed by atoms with Crippen LogP contribution in [0.3, 0.4) is 0 Å². The fraction of sp³-hybridized carbons (Fsp3) is 0.520. The van der Waals surface area contributed by atoms with Gasteiger partial charge in [-0.1, -0.05) is 36.4 Å². The largest absolute Gasteiger partial charge is 0.373 e. The standard InChI is InChI=1S/C25H37NO2/c1-7-26(8-2)15-16-27-17-18-28-25(23-19(3)11-9-12-20(23)4)24-21(5)13-10-14-22(24)6/h9-14,25H,7-8,15-18H2,1-6H3/p+1. The lowest BCUT2D eigenvalue weighted by atomic mass is 9.89. The van der Waals surface area contributed by atoms with Gasteiger partial charge in [-0.2, -0.15) is 0 Å². The van der Waals surface area contributed by atoms with E-state index in [-0.39, 0.29) is 6.10 Å². The molecule has 0 heterocycles. The molecule has 0 aliphatic rings. The molecule has 0 spiro atoms. The normalized spacial score (nSPS) is 11.6. The minimum atomic E-state index is -0.0561. The smallest absolute Gasteiger partial charge is 0.109 e. The van der Waals surface area contributed by atoms with E-state index in [1.165, 1.54) is 33.4 Å². The van der Waals surface area contributed by atoms with E-state index < -0.39 is 0 Å². The molecule has 0 aliphatic heterocycles. The fourth-order valence-electron chi connectivity index (χ4n) is 3.94. The Labute approximate surface area is 171 Å². The van der Waals surface area contributed by atoms with Gasteiger partial charge < -0.3 is 14.4 Å². The lowest BCUT2D eigenvalue weighted by molar-refractivity contribution is -0.896. The van der Waals surface area contributed by atoms with Gasteiger partial charge in [-0.05, 0) is 74.9 Å². The molecule has 0 saturated carbocycles. The van der Waals surface area contributed by atoms with Crippen LogP contribution in [0.2, 0.25) is 0 Å². The quantitative estimate of drug-likeness (QED) is 0.593. The molecule has 1 N–H and O–H groups in total. The molecule has 3 heteroatoms. The Balaban J connectivity index is 2.11. The summed E-state index contributed by atoms with van der Waals surface area (Å²) in [5.41, 5.74) is 7.68. The Morgan fingerprint density at radius 1 is 0.714 bits per heavy atom. The maximum absolute atomic E-state index is 6.47. The van der Waals surface area contributed by atoms with E-state index in [2.05, 4.69) is 77.9 Å². The van der Waals surface area contributed by atoms with Crippen molar-refractivity contribution in [1.82, 2.24) is 0 Å². The molecule has 0 fully saturated rings.